The number of likely N-dealkylation sites (tertiary alicyclic amines) is 1. The van der Waals surface area contributed by atoms with E-state index in [1.165, 1.54) is 18.9 Å². The van der Waals surface area contributed by atoms with Crippen LogP contribution in [0.4, 0.5) is 11.4 Å². The number of hydrogen-bond acceptors (Lipinski definition) is 6. The summed E-state index contributed by atoms with van der Waals surface area (Å²) in [5, 5.41) is 14.6. The van der Waals surface area contributed by atoms with E-state index >= 15 is 0 Å². The third-order valence-corrected chi connectivity index (χ3v) is 4.33. The molecule has 112 valence electrons. The summed E-state index contributed by atoms with van der Waals surface area (Å²) in [5.74, 6) is 1.01. The van der Waals surface area contributed by atoms with Crippen molar-refractivity contribution in [3.05, 3.63) is 22.2 Å². The molecule has 0 amide bonds. The van der Waals surface area contributed by atoms with Crippen LogP contribution >= 0.6 is 0 Å². The summed E-state index contributed by atoms with van der Waals surface area (Å²) in [4.78, 5) is 13.3. The first-order valence-electron chi connectivity index (χ1n) is 7.29. The second kappa shape index (κ2) is 4.77. The van der Waals surface area contributed by atoms with Gasteiger partial charge in [-0.3, -0.25) is 15.0 Å². The smallest absolute Gasteiger partial charge is 0.296 e. The van der Waals surface area contributed by atoms with Crippen LogP contribution in [0.2, 0.25) is 0 Å². The molecule has 1 unspecified atom stereocenters. The molecule has 1 saturated carbocycles. The first-order chi connectivity index (χ1) is 10.2. The standard InChI is InChI=1S/C14H17N3O4/c18-17(19)12-6-14-13(20-8-21-14)5-11(12)15-9-3-4-16(7-9)10-1-2-10/h5-6,9-10,15H,1-4,7-8H2. The number of anilines is 1. The minimum atomic E-state index is -0.377. The molecule has 0 aromatic heterocycles. The monoisotopic (exact) mass is 291 g/mol. The highest BCUT2D eigenvalue weighted by Gasteiger charge is 2.35. The van der Waals surface area contributed by atoms with Crippen LogP contribution in [-0.2, 0) is 0 Å². The molecule has 2 fully saturated rings. The van der Waals surface area contributed by atoms with Crippen molar-refractivity contribution >= 4 is 11.4 Å². The zero-order valence-corrected chi connectivity index (χ0v) is 11.6. The fourth-order valence-electron chi connectivity index (χ4n) is 3.09. The lowest BCUT2D eigenvalue weighted by Gasteiger charge is -2.17. The van der Waals surface area contributed by atoms with Gasteiger partial charge in [0.05, 0.1) is 11.0 Å². The van der Waals surface area contributed by atoms with E-state index in [1.54, 1.807) is 6.07 Å². The summed E-state index contributed by atoms with van der Waals surface area (Å²) in [6.45, 7) is 2.14. The van der Waals surface area contributed by atoms with Gasteiger partial charge in [0.15, 0.2) is 11.5 Å². The Morgan fingerprint density at radius 1 is 1.24 bits per heavy atom. The number of nitro groups is 1. The van der Waals surface area contributed by atoms with E-state index in [9.17, 15) is 10.1 Å². The van der Waals surface area contributed by atoms with Gasteiger partial charge in [-0.1, -0.05) is 0 Å². The van der Waals surface area contributed by atoms with Crippen molar-refractivity contribution in [2.24, 2.45) is 0 Å². The highest BCUT2D eigenvalue weighted by atomic mass is 16.7. The molecule has 1 aromatic rings. The Hall–Kier alpha value is -2.02. The fraction of sp³-hybridized carbons (Fsp3) is 0.571. The first-order valence-corrected chi connectivity index (χ1v) is 7.29. The Labute approximate surface area is 122 Å². The average Bonchev–Trinajstić information content (AvgIpc) is 3.03. The van der Waals surface area contributed by atoms with Crippen molar-refractivity contribution in [3.8, 4) is 11.5 Å². The van der Waals surface area contributed by atoms with E-state index in [1.807, 2.05) is 0 Å². The number of nitrogens with one attached hydrogen (secondary N) is 1. The van der Waals surface area contributed by atoms with E-state index in [2.05, 4.69) is 10.2 Å². The molecule has 1 saturated heterocycles. The van der Waals surface area contributed by atoms with E-state index in [0.717, 1.165) is 25.6 Å². The molecule has 1 atom stereocenters. The average molecular weight is 291 g/mol. The van der Waals surface area contributed by atoms with E-state index < -0.39 is 0 Å². The van der Waals surface area contributed by atoms with Gasteiger partial charge in [0, 0.05) is 31.2 Å². The van der Waals surface area contributed by atoms with Crippen LogP contribution < -0.4 is 14.8 Å². The van der Waals surface area contributed by atoms with Crippen LogP contribution in [0, 0.1) is 10.1 Å². The van der Waals surface area contributed by atoms with Crippen molar-refractivity contribution in [3.63, 3.8) is 0 Å². The Kier molecular flexibility index (Phi) is 2.88. The third-order valence-electron chi connectivity index (χ3n) is 4.33. The number of hydrogen-bond donors (Lipinski definition) is 1. The van der Waals surface area contributed by atoms with Gasteiger partial charge < -0.3 is 14.8 Å². The first kappa shape index (κ1) is 12.7. The molecule has 0 spiro atoms. The van der Waals surface area contributed by atoms with Crippen LogP contribution in [-0.4, -0.2) is 41.8 Å². The molecule has 7 heteroatoms. The number of ether oxygens (including phenoxy) is 2. The topological polar surface area (TPSA) is 76.9 Å². The second-order valence-corrected chi connectivity index (χ2v) is 5.84. The molecule has 3 aliphatic rings. The quantitative estimate of drug-likeness (QED) is 0.675. The molecule has 0 bridgehead atoms. The number of nitrogens with zero attached hydrogens (tertiary/aromatic N) is 2. The molecule has 4 rings (SSSR count). The Bertz CT molecular complexity index is 588. The van der Waals surface area contributed by atoms with Crippen LogP contribution in [0.15, 0.2) is 12.1 Å². The van der Waals surface area contributed by atoms with E-state index in [0.29, 0.717) is 17.2 Å². The van der Waals surface area contributed by atoms with Crippen LogP contribution in [0.25, 0.3) is 0 Å². The van der Waals surface area contributed by atoms with E-state index in [-0.39, 0.29) is 23.4 Å². The summed E-state index contributed by atoms with van der Waals surface area (Å²) in [6, 6.07) is 4.12. The molecule has 1 aromatic carbocycles. The van der Waals surface area contributed by atoms with Gasteiger partial charge in [0.25, 0.3) is 5.69 Å². The summed E-state index contributed by atoms with van der Waals surface area (Å²) in [5.41, 5.74) is 0.566. The molecule has 0 radical (unpaired) electrons. The number of fused-ring (bicyclic) bond motifs is 1. The fourth-order valence-corrected chi connectivity index (χ4v) is 3.09. The molecule has 2 aliphatic heterocycles. The number of benzene rings is 1. The Morgan fingerprint density at radius 2 is 2.00 bits per heavy atom. The molecule has 7 nitrogen and oxygen atoms in total. The van der Waals surface area contributed by atoms with Crippen molar-refractivity contribution in [2.75, 3.05) is 25.2 Å². The predicted molar refractivity (Wildman–Crippen MR) is 75.8 cm³/mol. The number of nitro benzene ring substituents is 1. The lowest BCUT2D eigenvalue weighted by atomic mass is 10.2. The van der Waals surface area contributed by atoms with Gasteiger partial charge >= 0.3 is 0 Å². The second-order valence-electron chi connectivity index (χ2n) is 5.84. The van der Waals surface area contributed by atoms with Gasteiger partial charge in [0.2, 0.25) is 6.79 Å². The normalized spacial score (nSPS) is 24.3. The molecule has 1 aliphatic carbocycles. The van der Waals surface area contributed by atoms with Gasteiger partial charge in [0.1, 0.15) is 5.69 Å². The highest BCUT2D eigenvalue weighted by molar-refractivity contribution is 5.69. The lowest BCUT2D eigenvalue weighted by Crippen LogP contribution is -2.27. The van der Waals surface area contributed by atoms with Gasteiger partial charge in [-0.15, -0.1) is 0 Å². The number of rotatable bonds is 4. The van der Waals surface area contributed by atoms with Gasteiger partial charge in [-0.2, -0.15) is 0 Å². The van der Waals surface area contributed by atoms with Crippen molar-refractivity contribution in [1.29, 1.82) is 0 Å². The molecular weight excluding hydrogens is 274 g/mol. The Balaban J connectivity index is 1.55. The molecule has 1 N–H and O–H groups in total. The van der Waals surface area contributed by atoms with E-state index in [4.69, 9.17) is 9.47 Å². The van der Waals surface area contributed by atoms with Crippen molar-refractivity contribution in [1.82, 2.24) is 4.90 Å². The van der Waals surface area contributed by atoms with Gasteiger partial charge in [-0.05, 0) is 19.3 Å². The van der Waals surface area contributed by atoms with Crippen molar-refractivity contribution < 1.29 is 14.4 Å². The molecule has 2 heterocycles. The zero-order valence-electron chi connectivity index (χ0n) is 11.6. The summed E-state index contributed by atoms with van der Waals surface area (Å²) < 4.78 is 10.5. The summed E-state index contributed by atoms with van der Waals surface area (Å²) in [6.07, 6.45) is 3.59. The molecular formula is C14H17N3O4. The lowest BCUT2D eigenvalue weighted by molar-refractivity contribution is -0.384. The highest BCUT2D eigenvalue weighted by Crippen LogP contribution is 2.41. The summed E-state index contributed by atoms with van der Waals surface area (Å²) in [7, 11) is 0. The summed E-state index contributed by atoms with van der Waals surface area (Å²) >= 11 is 0. The largest absolute Gasteiger partial charge is 0.454 e. The third kappa shape index (κ3) is 2.37. The SMILES string of the molecule is O=[N+]([O-])c1cc2c(cc1NC1CCN(C3CC3)C1)OCO2. The Morgan fingerprint density at radius 3 is 2.71 bits per heavy atom. The minimum absolute atomic E-state index is 0.0455. The molecule has 21 heavy (non-hydrogen) atoms. The maximum Gasteiger partial charge on any atom is 0.296 e. The maximum absolute atomic E-state index is 11.2. The van der Waals surface area contributed by atoms with Gasteiger partial charge in [-0.25, -0.2) is 0 Å². The van der Waals surface area contributed by atoms with Crippen LogP contribution in [0.1, 0.15) is 19.3 Å². The maximum atomic E-state index is 11.2. The van der Waals surface area contributed by atoms with Crippen LogP contribution in [0.3, 0.4) is 0 Å². The predicted octanol–water partition coefficient (Wildman–Crippen LogP) is 1.97. The van der Waals surface area contributed by atoms with Crippen molar-refractivity contribution in [2.45, 2.75) is 31.3 Å². The van der Waals surface area contributed by atoms with Crippen LogP contribution in [0.5, 0.6) is 11.5 Å². The minimum Gasteiger partial charge on any atom is -0.454 e. The zero-order chi connectivity index (χ0) is 14.4.